The van der Waals surface area contributed by atoms with Crippen molar-refractivity contribution in [3.05, 3.63) is 87.8 Å². The number of aryl methyl sites for hydroxylation is 2. The van der Waals surface area contributed by atoms with Crippen molar-refractivity contribution in [3.63, 3.8) is 0 Å². The summed E-state index contributed by atoms with van der Waals surface area (Å²) < 4.78 is 2.57. The number of fused-ring (bicyclic) bond motifs is 1. The van der Waals surface area contributed by atoms with Gasteiger partial charge in [-0.05, 0) is 13.8 Å². The second kappa shape index (κ2) is 6.81. The molecule has 28 heavy (non-hydrogen) atoms. The fourth-order valence-electron chi connectivity index (χ4n) is 3.55. The summed E-state index contributed by atoms with van der Waals surface area (Å²) in [5.41, 5.74) is 0.960. The van der Waals surface area contributed by atoms with E-state index in [9.17, 15) is 14.8 Å². The molecule has 0 spiro atoms. The van der Waals surface area contributed by atoms with Gasteiger partial charge in [-0.1, -0.05) is 60.7 Å². The maximum absolute atomic E-state index is 13.5. The number of rotatable bonds is 4. The highest BCUT2D eigenvalue weighted by Gasteiger charge is 2.27. The summed E-state index contributed by atoms with van der Waals surface area (Å²) in [5.74, 6) is 0.163. The van der Waals surface area contributed by atoms with Crippen molar-refractivity contribution in [3.8, 4) is 11.3 Å². The van der Waals surface area contributed by atoms with Crippen LogP contribution >= 0.6 is 0 Å². The van der Waals surface area contributed by atoms with E-state index >= 15 is 0 Å². The van der Waals surface area contributed by atoms with Crippen LogP contribution in [-0.2, 0) is 6.54 Å². The number of aromatic nitrogens is 3. The lowest BCUT2D eigenvalue weighted by Gasteiger charge is -2.14. The Balaban J connectivity index is 2.16. The van der Waals surface area contributed by atoms with Crippen molar-refractivity contribution >= 4 is 16.9 Å². The highest BCUT2D eigenvalue weighted by Crippen LogP contribution is 2.27. The Labute approximate surface area is 161 Å². The van der Waals surface area contributed by atoms with Crippen molar-refractivity contribution in [1.82, 2.24) is 14.3 Å². The molecular formula is C22H19N3O3. The summed E-state index contributed by atoms with van der Waals surface area (Å²) in [6, 6.07) is 17.5. The van der Waals surface area contributed by atoms with Gasteiger partial charge in [0.1, 0.15) is 22.6 Å². The number of hydrogen-bond donors (Lipinski definition) is 1. The van der Waals surface area contributed by atoms with Crippen LogP contribution in [0.5, 0.6) is 0 Å². The van der Waals surface area contributed by atoms with E-state index in [1.165, 1.54) is 0 Å². The van der Waals surface area contributed by atoms with Gasteiger partial charge in [0, 0.05) is 17.7 Å². The molecule has 0 aliphatic carbocycles. The van der Waals surface area contributed by atoms with Crippen molar-refractivity contribution in [1.29, 1.82) is 0 Å². The average molecular weight is 373 g/mol. The van der Waals surface area contributed by atoms with Crippen molar-refractivity contribution in [2.24, 2.45) is 0 Å². The van der Waals surface area contributed by atoms with Crippen LogP contribution in [0.15, 0.2) is 65.5 Å². The molecule has 4 aromatic rings. The molecule has 2 heterocycles. The molecule has 0 saturated heterocycles. The lowest BCUT2D eigenvalue weighted by molar-refractivity contribution is 0.103. The third kappa shape index (κ3) is 2.62. The van der Waals surface area contributed by atoms with Crippen LogP contribution in [0.1, 0.15) is 28.7 Å². The minimum atomic E-state index is -0.435. The fraction of sp³-hybridized carbons (Fsp3) is 0.136. The molecule has 0 saturated carbocycles. The summed E-state index contributed by atoms with van der Waals surface area (Å²) in [5, 5.41) is 11.0. The third-order valence-electron chi connectivity index (χ3n) is 4.86. The molecule has 0 aliphatic rings. The van der Waals surface area contributed by atoms with Gasteiger partial charge >= 0.3 is 0 Å². The largest absolute Gasteiger partial charge is 0.426 e. The molecule has 4 rings (SSSR count). The van der Waals surface area contributed by atoms with E-state index in [-0.39, 0.29) is 22.4 Å². The summed E-state index contributed by atoms with van der Waals surface area (Å²) in [6.07, 6.45) is 0. The number of ketones is 1. The van der Waals surface area contributed by atoms with E-state index in [2.05, 4.69) is 4.98 Å². The van der Waals surface area contributed by atoms with Gasteiger partial charge in [-0.15, -0.1) is 0 Å². The number of hydrogen-bond acceptors (Lipinski definition) is 4. The summed E-state index contributed by atoms with van der Waals surface area (Å²) in [4.78, 5) is 31.2. The quantitative estimate of drug-likeness (QED) is 0.437. The first-order chi connectivity index (χ1) is 13.5. The average Bonchev–Trinajstić information content (AvgIpc) is 3.08. The number of nitrogens with zero attached hydrogens (tertiary/aromatic N) is 3. The minimum absolute atomic E-state index is 0.0676. The highest BCUT2D eigenvalue weighted by molar-refractivity contribution is 6.13. The standard InChI is InChI=1S/C22H19N3O3/c1-3-24-14(2)23-22-19(24)21(27)17(20(26)16-12-8-5-9-13-16)18(25(22)28)15-10-6-4-7-11-15/h4-13,28H,3H2,1-2H3. The Morgan fingerprint density at radius 2 is 1.64 bits per heavy atom. The molecule has 0 amide bonds. The highest BCUT2D eigenvalue weighted by atomic mass is 16.5. The van der Waals surface area contributed by atoms with Crippen LogP contribution < -0.4 is 5.43 Å². The molecule has 0 bridgehead atoms. The second-order valence-electron chi connectivity index (χ2n) is 6.50. The van der Waals surface area contributed by atoms with Gasteiger partial charge in [-0.25, -0.2) is 4.98 Å². The predicted octanol–water partition coefficient (Wildman–Crippen LogP) is 3.66. The van der Waals surface area contributed by atoms with Crippen molar-refractivity contribution in [2.45, 2.75) is 20.4 Å². The van der Waals surface area contributed by atoms with E-state index in [0.717, 1.165) is 4.73 Å². The van der Waals surface area contributed by atoms with E-state index < -0.39 is 11.2 Å². The fourth-order valence-corrected chi connectivity index (χ4v) is 3.55. The Kier molecular flexibility index (Phi) is 4.31. The molecular weight excluding hydrogens is 354 g/mol. The van der Waals surface area contributed by atoms with Gasteiger partial charge in [-0.2, -0.15) is 4.73 Å². The molecule has 140 valence electrons. The van der Waals surface area contributed by atoms with Crippen molar-refractivity contribution in [2.75, 3.05) is 0 Å². The van der Waals surface area contributed by atoms with Crippen LogP contribution in [-0.4, -0.2) is 25.3 Å². The second-order valence-corrected chi connectivity index (χ2v) is 6.50. The summed E-state index contributed by atoms with van der Waals surface area (Å²) >= 11 is 0. The van der Waals surface area contributed by atoms with E-state index in [1.807, 2.05) is 13.0 Å². The van der Waals surface area contributed by atoms with Gasteiger partial charge in [-0.3, -0.25) is 9.59 Å². The maximum atomic E-state index is 13.5. The Hall–Kier alpha value is -3.67. The predicted molar refractivity (Wildman–Crippen MR) is 107 cm³/mol. The van der Waals surface area contributed by atoms with Crippen LogP contribution in [0.3, 0.4) is 0 Å². The smallest absolute Gasteiger partial charge is 0.219 e. The number of pyridine rings is 1. The summed E-state index contributed by atoms with van der Waals surface area (Å²) in [7, 11) is 0. The molecule has 0 aliphatic heterocycles. The first-order valence-electron chi connectivity index (χ1n) is 9.04. The molecule has 0 fully saturated rings. The molecule has 0 unspecified atom stereocenters. The topological polar surface area (TPSA) is 77.1 Å². The molecule has 0 radical (unpaired) electrons. The summed E-state index contributed by atoms with van der Waals surface area (Å²) in [6.45, 7) is 4.16. The Morgan fingerprint density at radius 1 is 1.04 bits per heavy atom. The van der Waals surface area contributed by atoms with Crippen molar-refractivity contribution < 1.29 is 10.0 Å². The molecule has 1 N–H and O–H groups in total. The third-order valence-corrected chi connectivity index (χ3v) is 4.86. The van der Waals surface area contributed by atoms with Gasteiger partial charge in [0.25, 0.3) is 0 Å². The minimum Gasteiger partial charge on any atom is -0.426 e. The number of carbonyl (C=O) groups excluding carboxylic acids is 1. The molecule has 0 atom stereocenters. The number of carbonyl (C=O) groups is 1. The van der Waals surface area contributed by atoms with E-state index in [0.29, 0.717) is 23.5 Å². The zero-order valence-electron chi connectivity index (χ0n) is 15.6. The monoisotopic (exact) mass is 373 g/mol. The van der Waals surface area contributed by atoms with E-state index in [4.69, 9.17) is 0 Å². The van der Waals surface area contributed by atoms with Crippen LogP contribution in [0.4, 0.5) is 0 Å². The van der Waals surface area contributed by atoms with Crippen LogP contribution in [0.25, 0.3) is 22.4 Å². The van der Waals surface area contributed by atoms with Gasteiger partial charge in [0.05, 0.1) is 0 Å². The molecule has 2 aromatic carbocycles. The van der Waals surface area contributed by atoms with Gasteiger partial charge in [0.2, 0.25) is 5.43 Å². The lowest BCUT2D eigenvalue weighted by atomic mass is 9.97. The maximum Gasteiger partial charge on any atom is 0.219 e. The van der Waals surface area contributed by atoms with Crippen LogP contribution in [0.2, 0.25) is 0 Å². The first kappa shape index (κ1) is 17.7. The Bertz CT molecular complexity index is 1240. The normalized spacial score (nSPS) is 11.1. The lowest BCUT2D eigenvalue weighted by Crippen LogP contribution is -2.23. The molecule has 6 heteroatoms. The van der Waals surface area contributed by atoms with Gasteiger partial charge < -0.3 is 9.77 Å². The van der Waals surface area contributed by atoms with Crippen LogP contribution in [0, 0.1) is 6.92 Å². The zero-order valence-corrected chi connectivity index (χ0v) is 15.6. The first-order valence-corrected chi connectivity index (χ1v) is 9.04. The van der Waals surface area contributed by atoms with Gasteiger partial charge in [0.15, 0.2) is 11.4 Å². The number of benzene rings is 2. The van der Waals surface area contributed by atoms with E-state index in [1.54, 1.807) is 66.1 Å². The molecule has 6 nitrogen and oxygen atoms in total. The zero-order chi connectivity index (χ0) is 19.8. The SMILES string of the molecule is CCn1c(C)nc2c1c(=O)c(C(=O)c1ccccc1)c(-c1ccccc1)n2O. The number of imidazole rings is 1. The molecule has 2 aromatic heterocycles. The Morgan fingerprint density at radius 3 is 2.25 bits per heavy atom.